The molecule has 92 valence electrons. The monoisotopic (exact) mass is 242 g/mol. The van der Waals surface area contributed by atoms with Crippen LogP contribution in [0.15, 0.2) is 42.7 Å². The van der Waals surface area contributed by atoms with Crippen molar-refractivity contribution in [2.75, 3.05) is 12.4 Å². The number of rotatable bonds is 3. The first-order valence-corrected chi connectivity index (χ1v) is 5.56. The van der Waals surface area contributed by atoms with Crippen molar-refractivity contribution in [3.05, 3.63) is 53.9 Å². The first-order valence-electron chi connectivity index (χ1n) is 5.56. The summed E-state index contributed by atoms with van der Waals surface area (Å²) in [5.74, 6) is 0.564. The number of hydrogen-bond donors (Lipinski definition) is 1. The molecule has 0 fully saturated rings. The van der Waals surface area contributed by atoms with Crippen LogP contribution < -0.4 is 10.1 Å². The number of anilines is 1. The third-order valence-electron chi connectivity index (χ3n) is 2.49. The van der Waals surface area contributed by atoms with Crippen LogP contribution in [0.4, 0.5) is 5.69 Å². The lowest BCUT2D eigenvalue weighted by Gasteiger charge is -2.06. The van der Waals surface area contributed by atoms with Gasteiger partial charge in [0.1, 0.15) is 5.75 Å². The second kappa shape index (κ2) is 5.31. The van der Waals surface area contributed by atoms with Gasteiger partial charge in [-0.3, -0.25) is 9.78 Å². The molecule has 0 unspecified atom stereocenters. The smallest absolute Gasteiger partial charge is 0.255 e. The Labute approximate surface area is 106 Å². The van der Waals surface area contributed by atoms with Gasteiger partial charge in [0, 0.05) is 11.8 Å². The van der Waals surface area contributed by atoms with Crippen molar-refractivity contribution in [2.45, 2.75) is 6.92 Å². The number of benzene rings is 1. The predicted molar refractivity (Wildman–Crippen MR) is 69.9 cm³/mol. The van der Waals surface area contributed by atoms with Gasteiger partial charge < -0.3 is 10.1 Å². The topological polar surface area (TPSA) is 51.2 Å². The number of aryl methyl sites for hydroxylation is 1. The van der Waals surface area contributed by atoms with E-state index in [4.69, 9.17) is 4.74 Å². The Bertz CT molecular complexity index is 550. The van der Waals surface area contributed by atoms with Crippen molar-refractivity contribution >= 4 is 11.6 Å². The van der Waals surface area contributed by atoms with Gasteiger partial charge in [-0.25, -0.2) is 0 Å². The molecule has 0 aliphatic heterocycles. The van der Waals surface area contributed by atoms with Gasteiger partial charge >= 0.3 is 0 Å². The number of methoxy groups -OCH3 is 1. The van der Waals surface area contributed by atoms with Crippen molar-refractivity contribution in [3.8, 4) is 5.75 Å². The lowest BCUT2D eigenvalue weighted by molar-refractivity contribution is 0.102. The SMILES string of the molecule is COc1ccc(C(=O)Nc2cncc(C)c2)cc1. The van der Waals surface area contributed by atoms with Gasteiger partial charge in [-0.05, 0) is 42.8 Å². The molecule has 1 N–H and O–H groups in total. The highest BCUT2D eigenvalue weighted by molar-refractivity contribution is 6.04. The number of aromatic nitrogens is 1. The van der Waals surface area contributed by atoms with E-state index in [1.165, 1.54) is 0 Å². The molecule has 0 spiro atoms. The summed E-state index contributed by atoms with van der Waals surface area (Å²) in [6, 6.07) is 8.82. The molecule has 0 saturated carbocycles. The summed E-state index contributed by atoms with van der Waals surface area (Å²) in [4.78, 5) is 16.0. The molecular formula is C14H14N2O2. The van der Waals surface area contributed by atoms with E-state index >= 15 is 0 Å². The summed E-state index contributed by atoms with van der Waals surface area (Å²) >= 11 is 0. The summed E-state index contributed by atoms with van der Waals surface area (Å²) in [5.41, 5.74) is 2.27. The Hall–Kier alpha value is -2.36. The van der Waals surface area contributed by atoms with E-state index in [2.05, 4.69) is 10.3 Å². The molecule has 0 radical (unpaired) electrons. The van der Waals surface area contributed by atoms with E-state index in [1.54, 1.807) is 43.8 Å². The van der Waals surface area contributed by atoms with Crippen LogP contribution in [0.3, 0.4) is 0 Å². The second-order valence-electron chi connectivity index (χ2n) is 3.93. The van der Waals surface area contributed by atoms with E-state index in [-0.39, 0.29) is 5.91 Å². The average molecular weight is 242 g/mol. The molecule has 1 amide bonds. The molecule has 2 aromatic rings. The van der Waals surface area contributed by atoms with Gasteiger partial charge in [-0.2, -0.15) is 0 Å². The molecule has 4 heteroatoms. The van der Waals surface area contributed by atoms with Crippen LogP contribution in [-0.2, 0) is 0 Å². The minimum absolute atomic E-state index is 0.162. The Balaban J connectivity index is 2.11. The van der Waals surface area contributed by atoms with Crippen LogP contribution in [0.5, 0.6) is 5.75 Å². The largest absolute Gasteiger partial charge is 0.497 e. The molecule has 1 aromatic carbocycles. The third kappa shape index (κ3) is 2.85. The number of ether oxygens (including phenoxy) is 1. The zero-order valence-corrected chi connectivity index (χ0v) is 10.3. The molecule has 0 aliphatic carbocycles. The maximum absolute atomic E-state index is 11.9. The summed E-state index contributed by atoms with van der Waals surface area (Å²) in [7, 11) is 1.59. The van der Waals surface area contributed by atoms with Gasteiger partial charge in [0.2, 0.25) is 0 Å². The highest BCUT2D eigenvalue weighted by Crippen LogP contribution is 2.13. The number of hydrogen-bond acceptors (Lipinski definition) is 3. The summed E-state index contributed by atoms with van der Waals surface area (Å²) in [5, 5.41) is 2.79. The summed E-state index contributed by atoms with van der Waals surface area (Å²) in [6.07, 6.45) is 3.36. The zero-order valence-electron chi connectivity index (χ0n) is 10.3. The number of nitrogens with zero attached hydrogens (tertiary/aromatic N) is 1. The molecule has 0 atom stereocenters. The van der Waals surface area contributed by atoms with Crippen molar-refractivity contribution in [3.63, 3.8) is 0 Å². The Morgan fingerprint density at radius 3 is 2.56 bits per heavy atom. The maximum Gasteiger partial charge on any atom is 0.255 e. The minimum Gasteiger partial charge on any atom is -0.497 e. The molecular weight excluding hydrogens is 228 g/mol. The van der Waals surface area contributed by atoms with Gasteiger partial charge in [0.15, 0.2) is 0 Å². The Morgan fingerprint density at radius 1 is 1.22 bits per heavy atom. The highest BCUT2D eigenvalue weighted by Gasteiger charge is 2.06. The van der Waals surface area contributed by atoms with Crippen LogP contribution in [0.2, 0.25) is 0 Å². The fraction of sp³-hybridized carbons (Fsp3) is 0.143. The number of nitrogens with one attached hydrogen (secondary N) is 1. The standard InChI is InChI=1S/C14H14N2O2/c1-10-7-12(9-15-8-10)16-14(17)11-3-5-13(18-2)6-4-11/h3-9H,1-2H3,(H,16,17). The van der Waals surface area contributed by atoms with Gasteiger partial charge in [0.25, 0.3) is 5.91 Å². The quantitative estimate of drug-likeness (QED) is 0.900. The predicted octanol–water partition coefficient (Wildman–Crippen LogP) is 2.65. The van der Waals surface area contributed by atoms with Gasteiger partial charge in [0.05, 0.1) is 19.0 Å². The zero-order chi connectivity index (χ0) is 13.0. The average Bonchev–Trinajstić information content (AvgIpc) is 2.39. The number of pyridine rings is 1. The molecule has 2 rings (SSSR count). The molecule has 0 saturated heterocycles. The van der Waals surface area contributed by atoms with E-state index in [9.17, 15) is 4.79 Å². The van der Waals surface area contributed by atoms with Crippen LogP contribution >= 0.6 is 0 Å². The molecule has 4 nitrogen and oxygen atoms in total. The normalized spacial score (nSPS) is 9.89. The highest BCUT2D eigenvalue weighted by atomic mass is 16.5. The first kappa shape index (κ1) is 12.1. The lowest BCUT2D eigenvalue weighted by atomic mass is 10.2. The van der Waals surface area contributed by atoms with E-state index in [0.717, 1.165) is 11.3 Å². The van der Waals surface area contributed by atoms with Crippen LogP contribution in [0.25, 0.3) is 0 Å². The fourth-order valence-corrected chi connectivity index (χ4v) is 1.57. The summed E-state index contributed by atoms with van der Waals surface area (Å²) in [6.45, 7) is 1.93. The van der Waals surface area contributed by atoms with Crippen molar-refractivity contribution in [1.29, 1.82) is 0 Å². The van der Waals surface area contributed by atoms with Crippen molar-refractivity contribution in [1.82, 2.24) is 4.98 Å². The third-order valence-corrected chi connectivity index (χ3v) is 2.49. The van der Waals surface area contributed by atoms with E-state index in [0.29, 0.717) is 11.3 Å². The second-order valence-corrected chi connectivity index (χ2v) is 3.93. The van der Waals surface area contributed by atoms with Crippen molar-refractivity contribution in [2.24, 2.45) is 0 Å². The molecule has 1 heterocycles. The Morgan fingerprint density at radius 2 is 1.94 bits per heavy atom. The van der Waals surface area contributed by atoms with Crippen molar-refractivity contribution < 1.29 is 9.53 Å². The van der Waals surface area contributed by atoms with Gasteiger partial charge in [-0.15, -0.1) is 0 Å². The maximum atomic E-state index is 11.9. The molecule has 18 heavy (non-hydrogen) atoms. The lowest BCUT2D eigenvalue weighted by Crippen LogP contribution is -2.11. The van der Waals surface area contributed by atoms with Crippen LogP contribution in [0, 0.1) is 6.92 Å². The fourth-order valence-electron chi connectivity index (χ4n) is 1.57. The Kier molecular flexibility index (Phi) is 3.57. The number of carbonyl (C=O) groups excluding carboxylic acids is 1. The van der Waals surface area contributed by atoms with Crippen LogP contribution in [-0.4, -0.2) is 18.0 Å². The van der Waals surface area contributed by atoms with E-state index in [1.807, 2.05) is 13.0 Å². The number of carbonyl (C=O) groups is 1. The molecule has 0 aliphatic rings. The van der Waals surface area contributed by atoms with E-state index < -0.39 is 0 Å². The van der Waals surface area contributed by atoms with Gasteiger partial charge in [-0.1, -0.05) is 0 Å². The summed E-state index contributed by atoms with van der Waals surface area (Å²) < 4.78 is 5.04. The van der Waals surface area contributed by atoms with Crippen LogP contribution in [0.1, 0.15) is 15.9 Å². The minimum atomic E-state index is -0.162. The molecule has 1 aromatic heterocycles. The molecule has 0 bridgehead atoms. The number of amides is 1. The first-order chi connectivity index (χ1) is 8.69.